The third kappa shape index (κ3) is 4.78. The summed E-state index contributed by atoms with van der Waals surface area (Å²) in [5.41, 5.74) is 0.409. The Morgan fingerprint density at radius 1 is 1.15 bits per heavy atom. The van der Waals surface area contributed by atoms with Gasteiger partial charge < -0.3 is 24.9 Å². The highest BCUT2D eigenvalue weighted by Crippen LogP contribution is 2.31. The van der Waals surface area contributed by atoms with Gasteiger partial charge in [-0.3, -0.25) is 0 Å². The fourth-order valence-electron chi connectivity index (χ4n) is 2.24. The summed E-state index contributed by atoms with van der Waals surface area (Å²) in [5, 5.41) is 15.6. The lowest BCUT2D eigenvalue weighted by molar-refractivity contribution is 0.149. The quantitative estimate of drug-likeness (QED) is 0.591. The van der Waals surface area contributed by atoms with E-state index in [2.05, 4.69) is 10.6 Å². The molecule has 3 rings (SSSR count). The Balaban J connectivity index is 1.64. The minimum absolute atomic E-state index is 0.00517. The average molecular weight is 373 g/mol. The predicted octanol–water partition coefficient (Wildman–Crippen LogP) is 4.58. The number of para-hydroxylation sites is 1. The number of halogens is 1. The summed E-state index contributed by atoms with van der Waals surface area (Å²) in [5.74, 6) is 1.45. The maximum Gasteiger partial charge on any atom is 0.319 e. The van der Waals surface area contributed by atoms with Gasteiger partial charge in [-0.2, -0.15) is 0 Å². The normalized spacial score (nSPS) is 11.6. The van der Waals surface area contributed by atoms with Crippen molar-refractivity contribution in [2.45, 2.75) is 6.10 Å². The van der Waals surface area contributed by atoms with Gasteiger partial charge in [0.05, 0.1) is 18.5 Å². The first-order valence-corrected chi connectivity index (χ1v) is 8.28. The fourth-order valence-corrected chi connectivity index (χ4v) is 2.41. The molecular formula is C19H17ClN2O4. The average Bonchev–Trinajstić information content (AvgIpc) is 3.18. The molecule has 0 spiro atoms. The molecule has 1 heterocycles. The maximum absolute atomic E-state index is 12.1. The lowest BCUT2D eigenvalue weighted by Crippen LogP contribution is -2.32. The molecule has 3 aromatic rings. The number of furan rings is 1. The number of nitrogens with one attached hydrogen (secondary N) is 2. The van der Waals surface area contributed by atoms with Crippen LogP contribution in [0.15, 0.2) is 71.3 Å². The van der Waals surface area contributed by atoms with Crippen LogP contribution in [0.4, 0.5) is 10.5 Å². The van der Waals surface area contributed by atoms with Gasteiger partial charge in [-0.15, -0.1) is 0 Å². The zero-order chi connectivity index (χ0) is 18.4. The van der Waals surface area contributed by atoms with Crippen molar-refractivity contribution in [3.8, 4) is 11.5 Å². The number of aliphatic hydroxyl groups is 1. The number of amides is 2. The highest BCUT2D eigenvalue weighted by atomic mass is 35.5. The SMILES string of the molecule is O=C(NCC(O)c1ccco1)Nc1cc(Cl)ccc1Oc1ccccc1. The molecule has 6 nitrogen and oxygen atoms in total. The first-order valence-electron chi connectivity index (χ1n) is 7.90. The first-order chi connectivity index (χ1) is 12.6. The van der Waals surface area contributed by atoms with E-state index in [1.165, 1.54) is 6.26 Å². The minimum Gasteiger partial charge on any atom is -0.467 e. The summed E-state index contributed by atoms with van der Waals surface area (Å²) in [6.45, 7) is -0.00517. The monoisotopic (exact) mass is 372 g/mol. The van der Waals surface area contributed by atoms with Gasteiger partial charge in [0.25, 0.3) is 0 Å². The molecule has 1 aromatic heterocycles. The van der Waals surface area contributed by atoms with Crippen LogP contribution in [0, 0.1) is 0 Å². The van der Waals surface area contributed by atoms with E-state index < -0.39 is 12.1 Å². The van der Waals surface area contributed by atoms with E-state index in [1.807, 2.05) is 18.2 Å². The minimum atomic E-state index is -0.935. The topological polar surface area (TPSA) is 83.7 Å². The molecule has 1 atom stereocenters. The molecule has 0 saturated heterocycles. The molecule has 134 valence electrons. The summed E-state index contributed by atoms with van der Waals surface area (Å²) in [7, 11) is 0. The second-order valence-corrected chi connectivity index (χ2v) is 5.86. The molecule has 1 unspecified atom stereocenters. The molecular weight excluding hydrogens is 356 g/mol. The van der Waals surface area contributed by atoms with E-state index in [9.17, 15) is 9.90 Å². The van der Waals surface area contributed by atoms with Crippen molar-refractivity contribution in [2.24, 2.45) is 0 Å². The van der Waals surface area contributed by atoms with Gasteiger partial charge in [-0.1, -0.05) is 29.8 Å². The number of anilines is 1. The van der Waals surface area contributed by atoms with Crippen molar-refractivity contribution in [3.05, 3.63) is 77.7 Å². The number of carbonyl (C=O) groups is 1. The van der Waals surface area contributed by atoms with Crippen LogP contribution in [-0.2, 0) is 0 Å². The van der Waals surface area contributed by atoms with Gasteiger partial charge in [0.15, 0.2) is 5.75 Å². The molecule has 2 aromatic carbocycles. The largest absolute Gasteiger partial charge is 0.467 e. The Morgan fingerprint density at radius 3 is 2.69 bits per heavy atom. The zero-order valence-corrected chi connectivity index (χ0v) is 14.4. The lowest BCUT2D eigenvalue weighted by Gasteiger charge is -2.14. The van der Waals surface area contributed by atoms with Crippen molar-refractivity contribution >= 4 is 23.3 Å². The third-order valence-electron chi connectivity index (χ3n) is 3.49. The second kappa shape index (κ2) is 8.42. The van der Waals surface area contributed by atoms with E-state index in [-0.39, 0.29) is 6.54 Å². The smallest absolute Gasteiger partial charge is 0.319 e. The van der Waals surface area contributed by atoms with Gasteiger partial charge in [0, 0.05) is 5.02 Å². The molecule has 0 aliphatic carbocycles. The standard InChI is InChI=1S/C19H17ClN2O4/c20-13-8-9-17(26-14-5-2-1-3-6-14)15(11-13)22-19(24)21-12-16(23)18-7-4-10-25-18/h1-11,16,23H,12H2,(H2,21,22,24). The van der Waals surface area contributed by atoms with Crippen LogP contribution in [-0.4, -0.2) is 17.7 Å². The third-order valence-corrected chi connectivity index (χ3v) is 3.72. The van der Waals surface area contributed by atoms with Crippen molar-refractivity contribution in [1.29, 1.82) is 0 Å². The van der Waals surface area contributed by atoms with Crippen LogP contribution in [0.25, 0.3) is 0 Å². The molecule has 2 amide bonds. The first kappa shape index (κ1) is 17.8. The summed E-state index contributed by atoms with van der Waals surface area (Å²) in [6, 6.07) is 16.9. The highest BCUT2D eigenvalue weighted by molar-refractivity contribution is 6.31. The van der Waals surface area contributed by atoms with Crippen LogP contribution < -0.4 is 15.4 Å². The zero-order valence-electron chi connectivity index (χ0n) is 13.7. The summed E-state index contributed by atoms with van der Waals surface area (Å²) >= 11 is 6.02. The van der Waals surface area contributed by atoms with Crippen molar-refractivity contribution in [1.82, 2.24) is 5.32 Å². The predicted molar refractivity (Wildman–Crippen MR) is 98.7 cm³/mol. The highest BCUT2D eigenvalue weighted by Gasteiger charge is 2.14. The summed E-state index contributed by atoms with van der Waals surface area (Å²) in [6.07, 6.45) is 0.521. The van der Waals surface area contributed by atoms with Gasteiger partial charge >= 0.3 is 6.03 Å². The maximum atomic E-state index is 12.1. The number of benzene rings is 2. The van der Waals surface area contributed by atoms with Crippen LogP contribution in [0.2, 0.25) is 5.02 Å². The molecule has 3 N–H and O–H groups in total. The van der Waals surface area contributed by atoms with Crippen LogP contribution in [0.1, 0.15) is 11.9 Å². The summed E-state index contributed by atoms with van der Waals surface area (Å²) in [4.78, 5) is 12.1. The molecule has 0 bridgehead atoms. The molecule has 0 saturated carbocycles. The number of rotatable bonds is 6. The molecule has 7 heteroatoms. The van der Waals surface area contributed by atoms with E-state index >= 15 is 0 Å². The van der Waals surface area contributed by atoms with E-state index in [0.717, 1.165) is 0 Å². The molecule has 0 aliphatic rings. The Kier molecular flexibility index (Phi) is 5.78. The fraction of sp³-hybridized carbons (Fsp3) is 0.105. The van der Waals surface area contributed by atoms with Crippen LogP contribution in [0.3, 0.4) is 0 Å². The molecule has 0 radical (unpaired) electrons. The number of hydrogen-bond acceptors (Lipinski definition) is 4. The van der Waals surface area contributed by atoms with E-state index in [1.54, 1.807) is 42.5 Å². The van der Waals surface area contributed by atoms with Crippen LogP contribution in [0.5, 0.6) is 11.5 Å². The van der Waals surface area contributed by atoms with Gasteiger partial charge in [-0.25, -0.2) is 4.79 Å². The number of carbonyl (C=O) groups excluding carboxylic acids is 1. The molecule has 0 aliphatic heterocycles. The Hall–Kier alpha value is -2.96. The van der Waals surface area contributed by atoms with Crippen molar-refractivity contribution in [2.75, 3.05) is 11.9 Å². The number of aliphatic hydroxyl groups excluding tert-OH is 1. The van der Waals surface area contributed by atoms with Crippen molar-refractivity contribution < 1.29 is 19.1 Å². The lowest BCUT2D eigenvalue weighted by atomic mass is 10.2. The van der Waals surface area contributed by atoms with Gasteiger partial charge in [0.2, 0.25) is 0 Å². The Bertz CT molecular complexity index is 853. The Morgan fingerprint density at radius 2 is 1.96 bits per heavy atom. The van der Waals surface area contributed by atoms with Crippen LogP contribution >= 0.6 is 11.6 Å². The van der Waals surface area contributed by atoms with E-state index in [4.69, 9.17) is 20.8 Å². The second-order valence-electron chi connectivity index (χ2n) is 5.42. The molecule has 0 fully saturated rings. The number of hydrogen-bond donors (Lipinski definition) is 3. The number of urea groups is 1. The summed E-state index contributed by atoms with van der Waals surface area (Å²) < 4.78 is 10.9. The number of ether oxygens (including phenoxy) is 1. The molecule has 26 heavy (non-hydrogen) atoms. The van der Waals surface area contributed by atoms with Gasteiger partial charge in [-0.05, 0) is 42.5 Å². The Labute approximate surface area is 155 Å². The van der Waals surface area contributed by atoms with Crippen molar-refractivity contribution in [3.63, 3.8) is 0 Å². The van der Waals surface area contributed by atoms with Gasteiger partial charge in [0.1, 0.15) is 17.6 Å². The van der Waals surface area contributed by atoms with E-state index in [0.29, 0.717) is 28.0 Å².